The van der Waals surface area contributed by atoms with Crippen LogP contribution in [-0.2, 0) is 0 Å². The van der Waals surface area contributed by atoms with Crippen LogP contribution in [0.4, 0.5) is 4.39 Å². The molecule has 0 heterocycles. The van der Waals surface area contributed by atoms with Gasteiger partial charge in [0.25, 0.3) is 0 Å². The van der Waals surface area contributed by atoms with E-state index in [1.54, 1.807) is 6.07 Å². The van der Waals surface area contributed by atoms with Gasteiger partial charge in [0.1, 0.15) is 5.82 Å². The average Bonchev–Trinajstić information content (AvgIpc) is 2.40. The summed E-state index contributed by atoms with van der Waals surface area (Å²) in [6, 6.07) is 5.05. The highest BCUT2D eigenvalue weighted by Gasteiger charge is 2.17. The minimum atomic E-state index is -0.181. The Bertz CT molecular complexity index is 440. The van der Waals surface area contributed by atoms with Crippen LogP contribution in [0.1, 0.15) is 49.3 Å². The summed E-state index contributed by atoms with van der Waals surface area (Å²) in [5, 5.41) is 0. The van der Waals surface area contributed by atoms with Crippen LogP contribution in [0.15, 0.2) is 29.8 Å². The summed E-state index contributed by atoms with van der Waals surface area (Å²) in [4.78, 5) is 0. The zero-order valence-corrected chi connectivity index (χ0v) is 10.9. The van der Waals surface area contributed by atoms with Crippen LogP contribution < -0.4 is 11.3 Å². The predicted molar refractivity (Wildman–Crippen MR) is 72.4 cm³/mol. The number of benzene rings is 1. The van der Waals surface area contributed by atoms with Gasteiger partial charge in [-0.15, -0.1) is 0 Å². The third-order valence-electron chi connectivity index (χ3n) is 3.58. The standard InChI is InChI=1S/C15H21FN2/c1-11-7-8-14(16)13(9-11)15(18-17)10-12-5-3-2-4-6-12/h5,7-9,15,18H,2-4,6,10,17H2,1H3. The van der Waals surface area contributed by atoms with Crippen molar-refractivity contribution in [3.05, 3.63) is 46.8 Å². The van der Waals surface area contributed by atoms with Crippen LogP contribution in [0.2, 0.25) is 0 Å². The van der Waals surface area contributed by atoms with Gasteiger partial charge in [-0.05, 0) is 45.1 Å². The highest BCUT2D eigenvalue weighted by Crippen LogP contribution is 2.28. The number of hydrogen-bond acceptors (Lipinski definition) is 2. The van der Waals surface area contributed by atoms with Gasteiger partial charge in [-0.2, -0.15) is 0 Å². The molecule has 1 aliphatic rings. The van der Waals surface area contributed by atoms with E-state index < -0.39 is 0 Å². The molecule has 1 atom stereocenters. The molecule has 2 rings (SSSR count). The molecule has 0 spiro atoms. The Morgan fingerprint density at radius 1 is 1.39 bits per heavy atom. The van der Waals surface area contributed by atoms with Crippen LogP contribution >= 0.6 is 0 Å². The molecule has 0 amide bonds. The lowest BCUT2D eigenvalue weighted by molar-refractivity contribution is 0.496. The summed E-state index contributed by atoms with van der Waals surface area (Å²) < 4.78 is 13.8. The molecule has 18 heavy (non-hydrogen) atoms. The van der Waals surface area contributed by atoms with E-state index in [1.807, 2.05) is 13.0 Å². The van der Waals surface area contributed by atoms with Crippen LogP contribution in [0.3, 0.4) is 0 Å². The number of nitrogens with one attached hydrogen (secondary N) is 1. The fourth-order valence-corrected chi connectivity index (χ4v) is 2.54. The maximum atomic E-state index is 13.8. The van der Waals surface area contributed by atoms with Crippen molar-refractivity contribution in [2.24, 2.45) is 5.84 Å². The maximum absolute atomic E-state index is 13.8. The second-order valence-electron chi connectivity index (χ2n) is 5.06. The molecule has 0 saturated heterocycles. The van der Waals surface area contributed by atoms with E-state index in [2.05, 4.69) is 11.5 Å². The molecule has 98 valence electrons. The molecule has 1 aliphatic carbocycles. The zero-order chi connectivity index (χ0) is 13.0. The molecule has 1 unspecified atom stereocenters. The molecule has 0 fully saturated rings. The molecule has 1 aromatic rings. The Morgan fingerprint density at radius 2 is 2.22 bits per heavy atom. The summed E-state index contributed by atoms with van der Waals surface area (Å²) in [7, 11) is 0. The first-order valence-corrected chi connectivity index (χ1v) is 6.61. The second-order valence-corrected chi connectivity index (χ2v) is 5.06. The summed E-state index contributed by atoms with van der Waals surface area (Å²) in [5.74, 6) is 5.42. The van der Waals surface area contributed by atoms with Gasteiger partial charge in [0, 0.05) is 5.56 Å². The lowest BCUT2D eigenvalue weighted by Crippen LogP contribution is -2.29. The summed E-state index contributed by atoms with van der Waals surface area (Å²) >= 11 is 0. The molecule has 2 nitrogen and oxygen atoms in total. The van der Waals surface area contributed by atoms with Gasteiger partial charge in [0.05, 0.1) is 6.04 Å². The number of hydrogen-bond donors (Lipinski definition) is 2. The Kier molecular flexibility index (Phi) is 4.50. The third kappa shape index (κ3) is 3.18. The van der Waals surface area contributed by atoms with Crippen molar-refractivity contribution in [2.45, 2.75) is 45.1 Å². The molecule has 1 aromatic carbocycles. The van der Waals surface area contributed by atoms with E-state index in [4.69, 9.17) is 5.84 Å². The molecule has 0 bridgehead atoms. The highest BCUT2D eigenvalue weighted by atomic mass is 19.1. The first-order chi connectivity index (χ1) is 8.70. The van der Waals surface area contributed by atoms with Gasteiger partial charge in [-0.25, -0.2) is 4.39 Å². The fourth-order valence-electron chi connectivity index (χ4n) is 2.54. The second kappa shape index (κ2) is 6.12. The van der Waals surface area contributed by atoms with Crippen molar-refractivity contribution >= 4 is 0 Å². The maximum Gasteiger partial charge on any atom is 0.128 e. The third-order valence-corrected chi connectivity index (χ3v) is 3.58. The minimum absolute atomic E-state index is 0.130. The number of halogens is 1. The van der Waals surface area contributed by atoms with E-state index >= 15 is 0 Å². The molecule has 0 saturated carbocycles. The van der Waals surface area contributed by atoms with Crippen molar-refractivity contribution in [2.75, 3.05) is 0 Å². The molecule has 3 heteroatoms. The summed E-state index contributed by atoms with van der Waals surface area (Å²) in [6.07, 6.45) is 7.84. The molecular formula is C15H21FN2. The topological polar surface area (TPSA) is 38.0 Å². The van der Waals surface area contributed by atoms with Crippen LogP contribution in [0, 0.1) is 12.7 Å². The lowest BCUT2D eigenvalue weighted by atomic mass is 9.91. The SMILES string of the molecule is Cc1ccc(F)c(C(CC2=CCCCC2)NN)c1. The van der Waals surface area contributed by atoms with E-state index in [-0.39, 0.29) is 11.9 Å². The molecular weight excluding hydrogens is 227 g/mol. The van der Waals surface area contributed by atoms with Crippen LogP contribution in [0.5, 0.6) is 0 Å². The van der Waals surface area contributed by atoms with Gasteiger partial charge >= 0.3 is 0 Å². The van der Waals surface area contributed by atoms with Gasteiger partial charge in [-0.3, -0.25) is 11.3 Å². The first-order valence-electron chi connectivity index (χ1n) is 6.61. The predicted octanol–water partition coefficient (Wildman–Crippen LogP) is 3.53. The van der Waals surface area contributed by atoms with Crippen molar-refractivity contribution in [3.8, 4) is 0 Å². The van der Waals surface area contributed by atoms with Crippen molar-refractivity contribution in [3.63, 3.8) is 0 Å². The number of nitrogens with two attached hydrogens (primary N) is 1. The number of rotatable bonds is 4. The Morgan fingerprint density at radius 3 is 2.89 bits per heavy atom. The van der Waals surface area contributed by atoms with E-state index in [0.29, 0.717) is 5.56 Å². The van der Waals surface area contributed by atoms with Gasteiger partial charge in [-0.1, -0.05) is 29.3 Å². The monoisotopic (exact) mass is 248 g/mol. The Labute approximate surface area is 108 Å². The van der Waals surface area contributed by atoms with Crippen molar-refractivity contribution in [1.82, 2.24) is 5.43 Å². The normalized spacial score (nSPS) is 17.4. The number of allylic oxidation sites excluding steroid dienone is 1. The van der Waals surface area contributed by atoms with E-state index in [1.165, 1.54) is 24.5 Å². The van der Waals surface area contributed by atoms with E-state index in [0.717, 1.165) is 24.8 Å². The summed E-state index contributed by atoms with van der Waals surface area (Å²) in [5.41, 5.74) is 5.88. The number of aryl methyl sites for hydroxylation is 1. The molecule has 0 aliphatic heterocycles. The Balaban J connectivity index is 2.17. The van der Waals surface area contributed by atoms with Crippen molar-refractivity contribution in [1.29, 1.82) is 0 Å². The van der Waals surface area contributed by atoms with Gasteiger partial charge < -0.3 is 0 Å². The molecule has 0 aromatic heterocycles. The zero-order valence-electron chi connectivity index (χ0n) is 10.9. The minimum Gasteiger partial charge on any atom is -0.271 e. The molecule has 3 N–H and O–H groups in total. The van der Waals surface area contributed by atoms with Gasteiger partial charge in [0.15, 0.2) is 0 Å². The summed E-state index contributed by atoms with van der Waals surface area (Å²) in [6.45, 7) is 1.97. The Hall–Kier alpha value is -1.19. The van der Waals surface area contributed by atoms with Crippen LogP contribution in [-0.4, -0.2) is 0 Å². The van der Waals surface area contributed by atoms with Gasteiger partial charge in [0.2, 0.25) is 0 Å². The first kappa shape index (κ1) is 13.2. The van der Waals surface area contributed by atoms with E-state index in [9.17, 15) is 4.39 Å². The lowest BCUT2D eigenvalue weighted by Gasteiger charge is -2.21. The fraction of sp³-hybridized carbons (Fsp3) is 0.467. The average molecular weight is 248 g/mol. The molecule has 0 radical (unpaired) electrons. The quantitative estimate of drug-likeness (QED) is 0.486. The van der Waals surface area contributed by atoms with Crippen LogP contribution in [0.25, 0.3) is 0 Å². The van der Waals surface area contributed by atoms with Crippen molar-refractivity contribution < 1.29 is 4.39 Å². The number of hydrazine groups is 1. The highest BCUT2D eigenvalue weighted by molar-refractivity contribution is 5.28. The smallest absolute Gasteiger partial charge is 0.128 e. The largest absolute Gasteiger partial charge is 0.271 e.